The fourth-order valence-electron chi connectivity index (χ4n) is 0.843. The van der Waals surface area contributed by atoms with Gasteiger partial charge in [-0.05, 0) is 0 Å². The third-order valence-corrected chi connectivity index (χ3v) is 1.53. The second kappa shape index (κ2) is 3.60. The summed E-state index contributed by atoms with van der Waals surface area (Å²) in [5, 5.41) is 21.6. The minimum atomic E-state index is -2.52. The molecule has 78 valence electrons. The van der Waals surface area contributed by atoms with Crippen LogP contribution in [0, 0.1) is 0 Å². The molecule has 0 aromatic rings. The first kappa shape index (κ1) is 10.4. The molecule has 1 aliphatic rings. The Kier molecular flexibility index (Phi) is 2.68. The molecule has 14 heavy (non-hydrogen) atoms. The highest BCUT2D eigenvalue weighted by molar-refractivity contribution is 5.89. The normalized spacial score (nSPS) is 21.5. The van der Waals surface area contributed by atoms with Gasteiger partial charge in [-0.1, -0.05) is 0 Å². The molecule has 0 aromatic heterocycles. The minimum absolute atomic E-state index is 0.891. The number of carboxylic acid groups (broad SMARTS) is 1. The van der Waals surface area contributed by atoms with Crippen molar-refractivity contribution < 1.29 is 39.4 Å². The van der Waals surface area contributed by atoms with Gasteiger partial charge in [0.15, 0.2) is 5.60 Å². The Labute approximate surface area is 76.8 Å². The number of carbonyl (C=O) groups excluding carboxylic acids is 2. The molecule has 0 amide bonds. The van der Waals surface area contributed by atoms with E-state index in [0.717, 1.165) is 0 Å². The number of hydrogen-bond acceptors (Lipinski definition) is 7. The minimum Gasteiger partial charge on any atom is -0.479 e. The van der Waals surface area contributed by atoms with E-state index >= 15 is 0 Å². The Bertz CT molecular complexity index is 264. The number of aliphatic hydroxyl groups is 1. The Morgan fingerprint density at radius 2 is 1.64 bits per heavy atom. The predicted octanol–water partition coefficient (Wildman–Crippen LogP) is -1.47. The zero-order valence-corrected chi connectivity index (χ0v) is 6.76. The third kappa shape index (κ3) is 2.18. The summed E-state index contributed by atoms with van der Waals surface area (Å²) < 4.78 is 0. The lowest BCUT2D eigenvalue weighted by molar-refractivity contribution is -0.462. The number of carboxylic acids is 1. The molecular formula is C6H6O8. The molecule has 8 heteroatoms. The zero-order valence-electron chi connectivity index (χ0n) is 6.76. The monoisotopic (exact) mass is 206 g/mol. The molecule has 0 spiro atoms. The summed E-state index contributed by atoms with van der Waals surface area (Å²) in [5.41, 5.74) is -2.52. The van der Waals surface area contributed by atoms with E-state index in [4.69, 9.17) is 5.11 Å². The first-order chi connectivity index (χ1) is 6.44. The maximum Gasteiger partial charge on any atom is 0.350 e. The summed E-state index contributed by atoms with van der Waals surface area (Å²) in [5.74, 6) is -4.02. The van der Waals surface area contributed by atoms with E-state index in [-0.39, 0.29) is 0 Å². The lowest BCUT2D eigenvalue weighted by atomic mass is 9.96. The Morgan fingerprint density at radius 1 is 1.21 bits per heavy atom. The van der Waals surface area contributed by atoms with Crippen molar-refractivity contribution in [3.05, 3.63) is 0 Å². The van der Waals surface area contributed by atoms with Crippen LogP contribution < -0.4 is 0 Å². The number of aliphatic carboxylic acids is 1. The highest BCUT2D eigenvalue weighted by atomic mass is 17.5. The zero-order chi connectivity index (χ0) is 10.8. The van der Waals surface area contributed by atoms with Crippen LogP contribution in [0.3, 0.4) is 0 Å². The molecule has 1 aliphatic heterocycles. The van der Waals surface area contributed by atoms with Crippen molar-refractivity contribution >= 4 is 17.9 Å². The number of hydrogen-bond donors (Lipinski definition) is 2. The molecule has 0 saturated carbocycles. The summed E-state index contributed by atoms with van der Waals surface area (Å²) in [7, 11) is 0. The van der Waals surface area contributed by atoms with E-state index in [1.54, 1.807) is 0 Å². The Hall–Kier alpha value is -1.67. The van der Waals surface area contributed by atoms with Gasteiger partial charge in [0.1, 0.15) is 0 Å². The van der Waals surface area contributed by atoms with Crippen LogP contribution in [0.25, 0.3) is 0 Å². The van der Waals surface area contributed by atoms with Gasteiger partial charge in [0.25, 0.3) is 0 Å². The van der Waals surface area contributed by atoms with Gasteiger partial charge < -0.3 is 10.2 Å². The summed E-state index contributed by atoms with van der Waals surface area (Å²) in [6, 6.07) is 0. The topological polar surface area (TPSA) is 119 Å². The average molecular weight is 206 g/mol. The molecule has 0 aromatic carbocycles. The first-order valence-electron chi connectivity index (χ1n) is 3.47. The number of carbonyl (C=O) groups is 3. The molecule has 1 rings (SSSR count). The first-order valence-corrected chi connectivity index (χ1v) is 3.47. The molecule has 2 N–H and O–H groups in total. The van der Waals surface area contributed by atoms with Crippen molar-refractivity contribution in [1.29, 1.82) is 0 Å². The second-order valence-corrected chi connectivity index (χ2v) is 2.67. The largest absolute Gasteiger partial charge is 0.479 e. The molecule has 1 fully saturated rings. The predicted molar refractivity (Wildman–Crippen MR) is 35.1 cm³/mol. The van der Waals surface area contributed by atoms with Gasteiger partial charge in [0.2, 0.25) is 0 Å². The average Bonchev–Trinajstić information content (AvgIpc) is 2.00. The fourth-order valence-corrected chi connectivity index (χ4v) is 0.843. The molecule has 0 atom stereocenters. The van der Waals surface area contributed by atoms with Crippen molar-refractivity contribution in [2.24, 2.45) is 0 Å². The van der Waals surface area contributed by atoms with E-state index in [2.05, 4.69) is 14.8 Å². The van der Waals surface area contributed by atoms with Gasteiger partial charge in [-0.3, -0.25) is 9.78 Å². The van der Waals surface area contributed by atoms with Crippen LogP contribution >= 0.6 is 0 Å². The van der Waals surface area contributed by atoms with Gasteiger partial charge in [-0.2, -0.15) is 0 Å². The van der Waals surface area contributed by atoms with Gasteiger partial charge in [0, 0.05) is 5.04 Å². The van der Waals surface area contributed by atoms with Gasteiger partial charge in [0.05, 0.1) is 12.8 Å². The van der Waals surface area contributed by atoms with Crippen LogP contribution in [0.4, 0.5) is 0 Å². The third-order valence-electron chi connectivity index (χ3n) is 1.53. The van der Waals surface area contributed by atoms with Crippen molar-refractivity contribution in [1.82, 2.24) is 0 Å². The molecular weight excluding hydrogens is 200 g/mol. The molecule has 1 saturated heterocycles. The Balaban J connectivity index is 2.84. The highest BCUT2D eigenvalue weighted by Crippen LogP contribution is 2.19. The van der Waals surface area contributed by atoms with Crippen molar-refractivity contribution in [2.75, 3.05) is 0 Å². The summed E-state index contributed by atoms with van der Waals surface area (Å²) in [6.07, 6.45) is -1.78. The molecule has 8 nitrogen and oxygen atoms in total. The van der Waals surface area contributed by atoms with Crippen LogP contribution in [0.15, 0.2) is 0 Å². The maximum atomic E-state index is 10.7. The standard InChI is InChI=1S/C6H6O8/c7-3-1-6(11,5(9)10)2-4(8)13-14-12-3/h11H,1-2H2,(H,9,10). The highest BCUT2D eigenvalue weighted by Gasteiger charge is 2.44. The van der Waals surface area contributed by atoms with Crippen LogP contribution in [0.1, 0.15) is 12.8 Å². The Morgan fingerprint density at radius 3 is 2.00 bits per heavy atom. The van der Waals surface area contributed by atoms with Crippen LogP contribution in [-0.4, -0.2) is 33.7 Å². The quantitative estimate of drug-likeness (QED) is 0.499. The van der Waals surface area contributed by atoms with E-state index in [9.17, 15) is 19.5 Å². The molecule has 0 bridgehead atoms. The van der Waals surface area contributed by atoms with Crippen LogP contribution in [-0.2, 0) is 29.2 Å². The van der Waals surface area contributed by atoms with E-state index in [1.807, 2.05) is 0 Å². The van der Waals surface area contributed by atoms with E-state index in [0.29, 0.717) is 0 Å². The van der Waals surface area contributed by atoms with Crippen molar-refractivity contribution in [2.45, 2.75) is 18.4 Å². The fraction of sp³-hybridized carbons (Fsp3) is 0.500. The van der Waals surface area contributed by atoms with E-state index < -0.39 is 36.4 Å². The molecule has 1 heterocycles. The molecule has 0 aliphatic carbocycles. The second-order valence-electron chi connectivity index (χ2n) is 2.67. The summed E-state index contributed by atoms with van der Waals surface area (Å²) in [6.45, 7) is 0. The van der Waals surface area contributed by atoms with Gasteiger partial charge in [-0.15, -0.1) is 0 Å². The van der Waals surface area contributed by atoms with Gasteiger partial charge in [-0.25, -0.2) is 14.4 Å². The summed E-state index contributed by atoms with van der Waals surface area (Å²) >= 11 is 0. The summed E-state index contributed by atoms with van der Waals surface area (Å²) in [4.78, 5) is 39.5. The SMILES string of the molecule is O=C1CC(O)(C(=O)O)CC(=O)OOO1. The maximum absolute atomic E-state index is 10.7. The van der Waals surface area contributed by atoms with Crippen molar-refractivity contribution in [3.63, 3.8) is 0 Å². The van der Waals surface area contributed by atoms with Gasteiger partial charge >= 0.3 is 17.9 Å². The number of rotatable bonds is 1. The lowest BCUT2D eigenvalue weighted by Gasteiger charge is -2.21. The van der Waals surface area contributed by atoms with Crippen LogP contribution in [0.2, 0.25) is 0 Å². The smallest absolute Gasteiger partial charge is 0.350 e. The van der Waals surface area contributed by atoms with Crippen LogP contribution in [0.5, 0.6) is 0 Å². The van der Waals surface area contributed by atoms with E-state index in [1.165, 1.54) is 0 Å². The lowest BCUT2D eigenvalue weighted by Crippen LogP contribution is -2.44. The molecule has 0 radical (unpaired) electrons. The molecule has 0 unspecified atom stereocenters. The van der Waals surface area contributed by atoms with Crippen molar-refractivity contribution in [3.8, 4) is 0 Å².